The second-order valence-electron chi connectivity index (χ2n) is 8.15. The smallest absolute Gasteiger partial charge is 0.407 e. The normalized spacial score (nSPS) is 13.0. The van der Waals surface area contributed by atoms with Crippen LogP contribution in [-0.4, -0.2) is 41.3 Å². The van der Waals surface area contributed by atoms with Crippen LogP contribution in [0.2, 0.25) is 0 Å². The second kappa shape index (κ2) is 10.2. The third kappa shape index (κ3) is 5.31. The number of pyridine rings is 1. The van der Waals surface area contributed by atoms with Crippen LogP contribution in [0.3, 0.4) is 0 Å². The number of anilines is 1. The molecule has 7 heteroatoms. The van der Waals surface area contributed by atoms with Crippen LogP contribution in [0.25, 0.3) is 11.1 Å². The van der Waals surface area contributed by atoms with Gasteiger partial charge in [0.1, 0.15) is 18.5 Å². The zero-order valence-corrected chi connectivity index (χ0v) is 18.5. The topological polar surface area (TPSA) is 101 Å². The van der Waals surface area contributed by atoms with Crippen LogP contribution in [0.5, 0.6) is 0 Å². The molecule has 1 aliphatic rings. The highest BCUT2D eigenvalue weighted by molar-refractivity contribution is 5.81. The Morgan fingerprint density at radius 1 is 1.06 bits per heavy atom. The summed E-state index contributed by atoms with van der Waals surface area (Å²) in [4.78, 5) is 28.3. The number of nitrogens with zero attached hydrogens (tertiary/aromatic N) is 1. The Labute approximate surface area is 192 Å². The molecule has 1 amide bonds. The van der Waals surface area contributed by atoms with Gasteiger partial charge in [-0.15, -0.1) is 0 Å². The monoisotopic (exact) mass is 445 g/mol. The molecule has 33 heavy (non-hydrogen) atoms. The van der Waals surface area contributed by atoms with E-state index in [-0.39, 0.29) is 18.9 Å². The number of carboxylic acids is 1. The molecule has 0 bridgehead atoms. The van der Waals surface area contributed by atoms with Crippen molar-refractivity contribution in [1.29, 1.82) is 0 Å². The fraction of sp³-hybridized carbons (Fsp3) is 0.269. The zero-order chi connectivity index (χ0) is 23.2. The van der Waals surface area contributed by atoms with Crippen molar-refractivity contribution in [2.24, 2.45) is 0 Å². The van der Waals surface area contributed by atoms with E-state index >= 15 is 0 Å². The molecule has 1 heterocycles. The van der Waals surface area contributed by atoms with Gasteiger partial charge in [-0.3, -0.25) is 0 Å². The molecule has 4 rings (SSSR count). The van der Waals surface area contributed by atoms with Gasteiger partial charge in [0.2, 0.25) is 0 Å². The Balaban J connectivity index is 1.29. The predicted molar refractivity (Wildman–Crippen MR) is 126 cm³/mol. The van der Waals surface area contributed by atoms with Gasteiger partial charge in [-0.2, -0.15) is 0 Å². The van der Waals surface area contributed by atoms with Crippen LogP contribution < -0.4 is 10.6 Å². The maximum atomic E-state index is 12.4. The molecule has 3 N–H and O–H groups in total. The van der Waals surface area contributed by atoms with E-state index in [0.29, 0.717) is 13.0 Å². The summed E-state index contributed by atoms with van der Waals surface area (Å²) < 4.78 is 5.47. The van der Waals surface area contributed by atoms with Crippen LogP contribution in [0.1, 0.15) is 35.4 Å². The summed E-state index contributed by atoms with van der Waals surface area (Å²) in [5.74, 6) is -0.416. The number of amides is 1. The molecule has 170 valence electrons. The average Bonchev–Trinajstić information content (AvgIpc) is 3.13. The molecule has 0 saturated heterocycles. The van der Waals surface area contributed by atoms with Crippen molar-refractivity contribution in [3.05, 3.63) is 83.6 Å². The number of aromatic nitrogens is 1. The number of rotatable bonds is 9. The Morgan fingerprint density at radius 3 is 2.36 bits per heavy atom. The maximum Gasteiger partial charge on any atom is 0.407 e. The first-order chi connectivity index (χ1) is 16.0. The molecule has 0 spiro atoms. The van der Waals surface area contributed by atoms with Gasteiger partial charge in [0, 0.05) is 18.7 Å². The second-order valence-corrected chi connectivity index (χ2v) is 8.15. The van der Waals surface area contributed by atoms with Crippen molar-refractivity contribution >= 4 is 17.9 Å². The molecule has 1 aliphatic carbocycles. The van der Waals surface area contributed by atoms with Crippen molar-refractivity contribution in [3.63, 3.8) is 0 Å². The van der Waals surface area contributed by atoms with Crippen LogP contribution in [0.15, 0.2) is 66.9 Å². The highest BCUT2D eigenvalue weighted by Gasteiger charge is 2.29. The van der Waals surface area contributed by atoms with Crippen molar-refractivity contribution in [3.8, 4) is 11.1 Å². The number of hydrogen-bond donors (Lipinski definition) is 3. The highest BCUT2D eigenvalue weighted by atomic mass is 16.5. The molecule has 2 aromatic carbocycles. The molecule has 0 aliphatic heterocycles. The SMILES string of the molecule is Cc1ccnc(NCCCC(NC(=O)OCC2c3ccccc3-c3ccccc32)C(=O)O)c1. The number of ether oxygens (including phenoxy) is 1. The van der Waals surface area contributed by atoms with Gasteiger partial charge in [-0.05, 0) is 59.7 Å². The third-order valence-electron chi connectivity index (χ3n) is 5.82. The van der Waals surface area contributed by atoms with E-state index in [9.17, 15) is 14.7 Å². The molecule has 1 unspecified atom stereocenters. The predicted octanol–water partition coefficient (Wildman–Crippen LogP) is 4.57. The lowest BCUT2D eigenvalue weighted by Gasteiger charge is -2.17. The van der Waals surface area contributed by atoms with Gasteiger partial charge in [0.25, 0.3) is 0 Å². The van der Waals surface area contributed by atoms with E-state index in [2.05, 4.69) is 27.8 Å². The lowest BCUT2D eigenvalue weighted by Crippen LogP contribution is -2.41. The molecular weight excluding hydrogens is 418 g/mol. The molecule has 0 fully saturated rings. The summed E-state index contributed by atoms with van der Waals surface area (Å²) in [6.07, 6.45) is 1.82. The number of hydrogen-bond acceptors (Lipinski definition) is 5. The fourth-order valence-electron chi connectivity index (χ4n) is 4.20. The van der Waals surface area contributed by atoms with E-state index in [0.717, 1.165) is 33.6 Å². The van der Waals surface area contributed by atoms with E-state index in [1.165, 1.54) is 0 Å². The number of aryl methyl sites for hydroxylation is 1. The number of benzene rings is 2. The highest BCUT2D eigenvalue weighted by Crippen LogP contribution is 2.44. The fourth-order valence-corrected chi connectivity index (χ4v) is 4.20. The van der Waals surface area contributed by atoms with Gasteiger partial charge in [-0.1, -0.05) is 48.5 Å². The Kier molecular flexibility index (Phi) is 6.88. The van der Waals surface area contributed by atoms with Crippen molar-refractivity contribution in [2.75, 3.05) is 18.5 Å². The Morgan fingerprint density at radius 2 is 1.73 bits per heavy atom. The van der Waals surface area contributed by atoms with Gasteiger partial charge in [0.15, 0.2) is 0 Å². The number of aliphatic carboxylic acids is 1. The quantitative estimate of drug-likeness (QED) is 0.417. The first kappa shape index (κ1) is 22.3. The molecule has 1 aromatic heterocycles. The minimum absolute atomic E-state index is 0.0718. The third-order valence-corrected chi connectivity index (χ3v) is 5.82. The Hall–Kier alpha value is -3.87. The van der Waals surface area contributed by atoms with Crippen molar-refractivity contribution in [1.82, 2.24) is 10.3 Å². The van der Waals surface area contributed by atoms with Gasteiger partial charge >= 0.3 is 12.1 Å². The number of alkyl carbamates (subject to hydrolysis) is 1. The number of nitrogens with one attached hydrogen (secondary N) is 2. The van der Waals surface area contributed by atoms with Crippen LogP contribution in [0.4, 0.5) is 10.6 Å². The molecule has 0 saturated carbocycles. The van der Waals surface area contributed by atoms with Crippen LogP contribution in [0, 0.1) is 6.92 Å². The first-order valence-corrected chi connectivity index (χ1v) is 11.0. The van der Waals surface area contributed by atoms with Crippen LogP contribution >= 0.6 is 0 Å². The standard InChI is InChI=1S/C26H27N3O4/c1-17-12-14-28-24(15-17)27-13-6-11-23(25(30)31)29-26(32)33-16-22-20-9-4-2-7-18(20)19-8-3-5-10-21(19)22/h2-5,7-10,12,14-15,22-23H,6,11,13,16H2,1H3,(H,27,28)(H,29,32)(H,30,31). The van der Waals surface area contributed by atoms with Gasteiger partial charge < -0.3 is 20.5 Å². The Bertz CT molecular complexity index is 1100. The van der Waals surface area contributed by atoms with Gasteiger partial charge in [0.05, 0.1) is 0 Å². The lowest BCUT2D eigenvalue weighted by molar-refractivity contribution is -0.139. The van der Waals surface area contributed by atoms with E-state index in [4.69, 9.17) is 4.74 Å². The number of carboxylic acid groups (broad SMARTS) is 1. The van der Waals surface area contributed by atoms with Crippen molar-refractivity contribution in [2.45, 2.75) is 31.7 Å². The summed E-state index contributed by atoms with van der Waals surface area (Å²) in [6.45, 7) is 2.67. The average molecular weight is 446 g/mol. The first-order valence-electron chi connectivity index (χ1n) is 11.0. The zero-order valence-electron chi connectivity index (χ0n) is 18.5. The molecule has 7 nitrogen and oxygen atoms in total. The molecule has 3 aromatic rings. The van der Waals surface area contributed by atoms with E-state index in [1.54, 1.807) is 6.20 Å². The molecular formula is C26H27N3O4. The lowest BCUT2D eigenvalue weighted by atomic mass is 9.98. The minimum atomic E-state index is -1.09. The summed E-state index contributed by atoms with van der Waals surface area (Å²) in [7, 11) is 0. The van der Waals surface area contributed by atoms with E-state index in [1.807, 2.05) is 55.5 Å². The molecule has 1 atom stereocenters. The summed E-state index contributed by atoms with van der Waals surface area (Å²) in [5.41, 5.74) is 5.59. The number of carbonyl (C=O) groups is 2. The number of fused-ring (bicyclic) bond motifs is 3. The summed E-state index contributed by atoms with van der Waals surface area (Å²) >= 11 is 0. The minimum Gasteiger partial charge on any atom is -0.480 e. The molecule has 0 radical (unpaired) electrons. The van der Waals surface area contributed by atoms with Gasteiger partial charge in [-0.25, -0.2) is 14.6 Å². The number of carbonyl (C=O) groups excluding carboxylic acids is 1. The largest absolute Gasteiger partial charge is 0.480 e. The summed E-state index contributed by atoms with van der Waals surface area (Å²) in [6, 6.07) is 18.9. The van der Waals surface area contributed by atoms with E-state index < -0.39 is 18.1 Å². The maximum absolute atomic E-state index is 12.4. The summed E-state index contributed by atoms with van der Waals surface area (Å²) in [5, 5.41) is 15.2. The van der Waals surface area contributed by atoms with Crippen LogP contribution in [-0.2, 0) is 9.53 Å². The van der Waals surface area contributed by atoms with Crippen molar-refractivity contribution < 1.29 is 19.4 Å².